The average molecular weight is 1700 g/mol. The molecular weight excluding hydrogens is 1590 g/mol. The highest BCUT2D eigenvalue weighted by Crippen LogP contribution is 2.69. The summed E-state index contributed by atoms with van der Waals surface area (Å²) < 4.78 is 84.3. The van der Waals surface area contributed by atoms with E-state index in [4.69, 9.17) is 9.47 Å². The Balaban J connectivity index is 0.634. The molecule has 0 radical (unpaired) electrons. The minimum Gasteiger partial charge on any atom is -0.486 e. The van der Waals surface area contributed by atoms with E-state index in [-0.39, 0.29) is 93.8 Å². The molecule has 22 rings (SSSR count). The van der Waals surface area contributed by atoms with Crippen LogP contribution in [0.3, 0.4) is 0 Å². The Labute approximate surface area is 751 Å². The van der Waals surface area contributed by atoms with Gasteiger partial charge < -0.3 is 19.3 Å². The van der Waals surface area contributed by atoms with Crippen LogP contribution in [0.4, 0.5) is 28.9 Å². The van der Waals surface area contributed by atoms with Gasteiger partial charge in [-0.1, -0.05) is 224 Å². The van der Waals surface area contributed by atoms with Gasteiger partial charge in [0.1, 0.15) is 47.0 Å². The van der Waals surface area contributed by atoms with E-state index >= 15 is 17.6 Å². The molecule has 0 amide bonds. The molecule has 1 saturated heterocycles. The summed E-state index contributed by atoms with van der Waals surface area (Å²) in [4.78, 5) is 5.04. The molecule has 14 atom stereocenters. The molecule has 19 aliphatic rings. The van der Waals surface area contributed by atoms with E-state index in [1.165, 1.54) is 61.1 Å². The van der Waals surface area contributed by atoms with Gasteiger partial charge in [-0.2, -0.15) is 0 Å². The van der Waals surface area contributed by atoms with Gasteiger partial charge in [-0.3, -0.25) is 0 Å². The van der Waals surface area contributed by atoms with Crippen molar-refractivity contribution in [3.05, 3.63) is 450 Å². The normalized spacial score (nSPS) is 31.1. The van der Waals surface area contributed by atoms with E-state index in [0.29, 0.717) is 38.5 Å². The zero-order valence-corrected chi connectivity index (χ0v) is 73.2. The van der Waals surface area contributed by atoms with Gasteiger partial charge in [-0.05, 0) is 302 Å². The van der Waals surface area contributed by atoms with E-state index in [2.05, 4.69) is 278 Å². The first-order chi connectivity index (χ1) is 62.5. The van der Waals surface area contributed by atoms with Crippen molar-refractivity contribution in [1.82, 2.24) is 0 Å². The number of alkyl halides is 1. The second-order valence-corrected chi connectivity index (χ2v) is 38.8. The summed E-state index contributed by atoms with van der Waals surface area (Å²) in [6.45, 7) is 7.98. The molecule has 14 unspecified atom stereocenters. The molecule has 0 aromatic heterocycles. The molecule has 4 nitrogen and oxygen atoms in total. The number of benzene rings is 3. The summed E-state index contributed by atoms with van der Waals surface area (Å²) in [6, 6.07) is 24.5. The van der Waals surface area contributed by atoms with Crippen LogP contribution in [0, 0.1) is 52.3 Å². The maximum Gasteiger partial charge on any atom is 0.129 e. The lowest BCUT2D eigenvalue weighted by molar-refractivity contribution is 0.249. The number of allylic oxidation sites excluding steroid dienone is 53. The van der Waals surface area contributed by atoms with Gasteiger partial charge in [-0.15, -0.1) is 18.3 Å². The molecule has 638 valence electrons. The summed E-state index contributed by atoms with van der Waals surface area (Å²) in [5.74, 6) is 2.25. The predicted octanol–water partition coefficient (Wildman–Crippen LogP) is 29.0. The number of halogens is 4. The Kier molecular flexibility index (Phi) is 22.0. The maximum absolute atomic E-state index is 17.8. The van der Waals surface area contributed by atoms with Gasteiger partial charge in [0.25, 0.3) is 0 Å². The zero-order chi connectivity index (χ0) is 85.4. The third kappa shape index (κ3) is 14.5. The number of hydrogen-bond donors (Lipinski definition) is 0. The third-order valence-electron chi connectivity index (χ3n) is 30.6. The van der Waals surface area contributed by atoms with Crippen LogP contribution in [-0.4, -0.2) is 22.8 Å². The zero-order valence-electron chi connectivity index (χ0n) is 72.4. The van der Waals surface area contributed by atoms with Gasteiger partial charge in [0, 0.05) is 117 Å². The Bertz CT molecular complexity index is 6290. The van der Waals surface area contributed by atoms with E-state index in [9.17, 15) is 0 Å². The Hall–Kier alpha value is -11.4. The molecule has 9 heteroatoms. The van der Waals surface area contributed by atoms with E-state index in [1.807, 2.05) is 42.5 Å². The van der Waals surface area contributed by atoms with Crippen molar-refractivity contribution >= 4 is 41.4 Å². The van der Waals surface area contributed by atoms with Crippen molar-refractivity contribution in [2.24, 2.45) is 52.3 Å². The first kappa shape index (κ1) is 81.4. The largest absolute Gasteiger partial charge is 0.486 e. The third-order valence-corrected chi connectivity index (χ3v) is 32.1. The van der Waals surface area contributed by atoms with Gasteiger partial charge in [0.15, 0.2) is 0 Å². The van der Waals surface area contributed by atoms with Gasteiger partial charge in [-0.25, -0.2) is 17.6 Å². The fourth-order valence-electron chi connectivity index (χ4n) is 24.8. The van der Waals surface area contributed by atoms with E-state index < -0.39 is 28.7 Å². The van der Waals surface area contributed by atoms with Crippen molar-refractivity contribution in [2.75, 3.05) is 9.80 Å². The molecule has 127 heavy (non-hydrogen) atoms. The highest BCUT2D eigenvalue weighted by Gasteiger charge is 2.60. The van der Waals surface area contributed by atoms with Crippen molar-refractivity contribution in [1.29, 1.82) is 0 Å². The molecule has 18 aliphatic carbocycles. The minimum absolute atomic E-state index is 0.0494. The molecule has 0 saturated carbocycles. The van der Waals surface area contributed by atoms with E-state index in [1.54, 1.807) is 12.2 Å². The molecular formula is C118H110F4N2O2S. The van der Waals surface area contributed by atoms with Gasteiger partial charge in [0.2, 0.25) is 0 Å². The highest BCUT2D eigenvalue weighted by molar-refractivity contribution is 8.01. The molecule has 0 bridgehead atoms. The first-order valence-electron chi connectivity index (χ1n) is 47.2. The molecule has 0 N–H and O–H groups in total. The molecule has 1 aliphatic heterocycles. The number of hydrogen-bond acceptors (Lipinski definition) is 5. The molecule has 1 fully saturated rings. The number of anilines is 2. The molecule has 3 aromatic carbocycles. The first-order valence-corrected chi connectivity index (χ1v) is 48.2. The fourth-order valence-corrected chi connectivity index (χ4v) is 26.5. The number of ether oxygens (including phenoxy) is 2. The van der Waals surface area contributed by atoms with Crippen LogP contribution in [-0.2, 0) is 4.74 Å². The maximum atomic E-state index is 17.8. The van der Waals surface area contributed by atoms with Crippen molar-refractivity contribution < 1.29 is 27.0 Å². The quantitative estimate of drug-likeness (QED) is 0.0829. The van der Waals surface area contributed by atoms with E-state index in [0.717, 1.165) is 175 Å². The van der Waals surface area contributed by atoms with Crippen molar-refractivity contribution in [2.45, 2.75) is 170 Å². The smallest absolute Gasteiger partial charge is 0.129 e. The van der Waals surface area contributed by atoms with Gasteiger partial charge in [0.05, 0.1) is 10.8 Å². The number of thioether (sulfide) groups is 1. The molecule has 0 spiro atoms. The molecule has 1 heterocycles. The Morgan fingerprint density at radius 1 is 0.551 bits per heavy atom. The van der Waals surface area contributed by atoms with Crippen molar-refractivity contribution in [3.8, 4) is 5.75 Å². The number of fused-ring (bicyclic) bond motifs is 7. The number of rotatable bonds is 20. The predicted molar refractivity (Wildman–Crippen MR) is 516 cm³/mol. The molecule has 3 aromatic rings. The Morgan fingerprint density at radius 3 is 2.13 bits per heavy atom. The summed E-state index contributed by atoms with van der Waals surface area (Å²) in [6.07, 6.45) is 102. The minimum atomic E-state index is -1.54. The summed E-state index contributed by atoms with van der Waals surface area (Å²) in [5.41, 5.74) is 21.3. The fraction of sp³-hybridized carbons (Fsp3) is 0.305. The van der Waals surface area contributed by atoms with Crippen LogP contribution in [0.5, 0.6) is 5.75 Å². The van der Waals surface area contributed by atoms with Crippen LogP contribution in [0.2, 0.25) is 0 Å². The average Bonchev–Trinajstić information content (AvgIpc) is 1.54. The van der Waals surface area contributed by atoms with Crippen LogP contribution >= 0.6 is 11.8 Å². The van der Waals surface area contributed by atoms with Gasteiger partial charge >= 0.3 is 0 Å². The second-order valence-electron chi connectivity index (χ2n) is 37.5. The Morgan fingerprint density at radius 2 is 1.35 bits per heavy atom. The van der Waals surface area contributed by atoms with Crippen molar-refractivity contribution in [3.63, 3.8) is 0 Å². The summed E-state index contributed by atoms with van der Waals surface area (Å²) in [7, 11) is 0. The van der Waals surface area contributed by atoms with Crippen LogP contribution in [0.15, 0.2) is 428 Å². The summed E-state index contributed by atoms with van der Waals surface area (Å²) >= 11 is 2.06. The summed E-state index contributed by atoms with van der Waals surface area (Å²) in [5, 5.41) is 2.69. The monoisotopic (exact) mass is 1690 g/mol. The van der Waals surface area contributed by atoms with Crippen LogP contribution in [0.25, 0.3) is 18.2 Å². The number of nitrogens with zero attached hydrogens (tertiary/aromatic N) is 2. The lowest BCUT2D eigenvalue weighted by atomic mass is 9.57. The van der Waals surface area contributed by atoms with Crippen LogP contribution < -0.4 is 25.0 Å². The lowest BCUT2D eigenvalue weighted by Crippen LogP contribution is -2.39. The topological polar surface area (TPSA) is 24.9 Å². The standard InChI is InChI=1S/C118H110F4N2O2S/c1-3-75-37-58-91(59-38-75)125-93-62-46-83(47-63-93)117(115-109(119)33-19-34-110(115)120)105-31-17-15-29-99(105)101-66-55-88(72-107(101)117)123(85-50-41-79(42-51-85)97-27-13-11-25-95(97)77-21-7-5-8-22-77)87-54-45-81-70-104-103-68-57-90(74-114(103)127-113(104)71-82(81)69-87)124(86-52-43-80(44-53-86)98-28-14-12-26-96(98)78-23-9-6-10-24-78)89-56-67-102-100-30-16-18-32-106(100)118(108(102)73-89,116-111(121)35-20-36-112(116)122)84-48-64-94(65-49-84)126-92-60-39-76(4-2)40-61-92/h3-4,7,9,12,14-16,19,21-30,33,35,37-39,41,43-48,50-54,57-62,64,68-74,76,79,93,96,98,102-104,108,110,113-114H,1-2,5-6,8,10-11,13,17-18,20,31-32,34,36,40,42,49,55-56,63,65-67H2. The highest BCUT2D eigenvalue weighted by atomic mass is 32.2. The SMILES string of the molecule is C=Cc1ccc(OC2C=CC(C3(C4=C(F)C=CCC4F)C4=C(CCC(N(C5=CCC(C6=CCCC=C6C6=CCCC=C6)C=C5)c5ccc6c(c5)=CC5SC7C=C(N(C8=CC9C(CC8)C8=C(CCC=C8)C9(C8=CC=C(OC9=CCC(C=C)C=C9)CC8)C8=C(F)CCC=C8F)c8ccc(C9C=CC=CC9C9=CCCC=C9)cc8)C=CC7C5C=6)=C4)C4=C3CCC=C4)=CC2)cc1. The van der Waals surface area contributed by atoms with Crippen LogP contribution in [0.1, 0.15) is 158 Å². The second kappa shape index (κ2) is 34.3. The lowest BCUT2D eigenvalue weighted by Gasteiger charge is -2.46.